The number of ether oxygens (including phenoxy) is 1. The second-order valence-corrected chi connectivity index (χ2v) is 4.54. The van der Waals surface area contributed by atoms with Crippen molar-refractivity contribution in [3.8, 4) is 0 Å². The summed E-state index contributed by atoms with van der Waals surface area (Å²) >= 11 is 3.54. The zero-order valence-corrected chi connectivity index (χ0v) is 10.1. The first-order chi connectivity index (χ1) is 6.24. The van der Waals surface area contributed by atoms with Crippen LogP contribution in [0.4, 0.5) is 0 Å². The van der Waals surface area contributed by atoms with Gasteiger partial charge in [0, 0.05) is 18.5 Å². The molecule has 1 fully saturated rings. The first kappa shape index (κ1) is 11.3. The molecule has 13 heavy (non-hydrogen) atoms. The van der Waals surface area contributed by atoms with Crippen LogP contribution in [0.1, 0.15) is 26.7 Å². The molecule has 1 rings (SSSR count). The summed E-state index contributed by atoms with van der Waals surface area (Å²) in [7, 11) is 0. The number of hydrogen-bond acceptors (Lipinski definition) is 1. The highest BCUT2D eigenvalue weighted by Gasteiger charge is 2.12. The smallest absolute Gasteiger partial charge is 0.0471 e. The fourth-order valence-electron chi connectivity index (χ4n) is 1.58. The van der Waals surface area contributed by atoms with Crippen LogP contribution < -0.4 is 0 Å². The lowest BCUT2D eigenvalue weighted by molar-refractivity contribution is 0.0783. The van der Waals surface area contributed by atoms with E-state index in [0.717, 1.165) is 24.5 Å². The lowest BCUT2D eigenvalue weighted by atomic mass is 9.94. The van der Waals surface area contributed by atoms with Crippen molar-refractivity contribution in [3.05, 3.63) is 11.6 Å². The van der Waals surface area contributed by atoms with Crippen molar-refractivity contribution < 1.29 is 4.74 Å². The summed E-state index contributed by atoms with van der Waals surface area (Å²) in [4.78, 5) is 0. The minimum absolute atomic E-state index is 0.669. The molecule has 0 amide bonds. The maximum atomic E-state index is 5.33. The van der Waals surface area contributed by atoms with E-state index in [2.05, 4.69) is 35.9 Å². The summed E-state index contributed by atoms with van der Waals surface area (Å²) in [6.07, 6.45) is 4.84. The van der Waals surface area contributed by atoms with Gasteiger partial charge >= 0.3 is 0 Å². The van der Waals surface area contributed by atoms with E-state index < -0.39 is 0 Å². The minimum Gasteiger partial charge on any atom is -0.381 e. The molecule has 0 atom stereocenters. The van der Waals surface area contributed by atoms with Crippen molar-refractivity contribution in [3.63, 3.8) is 0 Å². The minimum atomic E-state index is 0.669. The van der Waals surface area contributed by atoms with Gasteiger partial charge in [-0.1, -0.05) is 41.4 Å². The Bertz CT molecular complexity index is 169. The molecule has 0 saturated carbocycles. The largest absolute Gasteiger partial charge is 0.381 e. The van der Waals surface area contributed by atoms with Crippen LogP contribution in [0.3, 0.4) is 0 Å². The molecule has 0 aliphatic carbocycles. The van der Waals surface area contributed by atoms with E-state index in [4.69, 9.17) is 4.74 Å². The van der Waals surface area contributed by atoms with Gasteiger partial charge in [0.2, 0.25) is 0 Å². The van der Waals surface area contributed by atoms with Gasteiger partial charge in [-0.05, 0) is 24.7 Å². The second-order valence-electron chi connectivity index (χ2n) is 3.98. The SMILES string of the molecule is CC(C)/C(=C\C1CCOCC1)CBr. The molecular formula is C11H19BrO. The van der Waals surface area contributed by atoms with Crippen molar-refractivity contribution in [2.45, 2.75) is 26.7 Å². The van der Waals surface area contributed by atoms with Crippen LogP contribution in [0.25, 0.3) is 0 Å². The van der Waals surface area contributed by atoms with E-state index in [-0.39, 0.29) is 0 Å². The van der Waals surface area contributed by atoms with Crippen LogP contribution in [0.5, 0.6) is 0 Å². The van der Waals surface area contributed by atoms with Crippen LogP contribution in [0.2, 0.25) is 0 Å². The molecule has 76 valence electrons. The lowest BCUT2D eigenvalue weighted by Gasteiger charge is -2.21. The Morgan fingerprint density at radius 3 is 2.54 bits per heavy atom. The number of halogens is 1. The van der Waals surface area contributed by atoms with Crippen molar-refractivity contribution in [2.75, 3.05) is 18.5 Å². The topological polar surface area (TPSA) is 9.23 Å². The van der Waals surface area contributed by atoms with E-state index in [0.29, 0.717) is 5.92 Å². The van der Waals surface area contributed by atoms with Crippen molar-refractivity contribution in [1.82, 2.24) is 0 Å². The number of hydrogen-bond donors (Lipinski definition) is 0. The first-order valence-corrected chi connectivity index (χ1v) is 6.20. The van der Waals surface area contributed by atoms with Gasteiger partial charge in [-0.3, -0.25) is 0 Å². The third-order valence-corrected chi connectivity index (χ3v) is 3.26. The monoisotopic (exact) mass is 246 g/mol. The first-order valence-electron chi connectivity index (χ1n) is 5.08. The molecule has 0 unspecified atom stereocenters. The highest BCUT2D eigenvalue weighted by molar-refractivity contribution is 9.09. The molecular weight excluding hydrogens is 228 g/mol. The Labute approximate surface area is 89.7 Å². The highest BCUT2D eigenvalue weighted by Crippen LogP contribution is 2.21. The number of alkyl halides is 1. The third-order valence-electron chi connectivity index (χ3n) is 2.61. The van der Waals surface area contributed by atoms with E-state index in [1.165, 1.54) is 18.4 Å². The van der Waals surface area contributed by atoms with Gasteiger partial charge in [-0.15, -0.1) is 0 Å². The molecule has 2 heteroatoms. The summed E-state index contributed by atoms with van der Waals surface area (Å²) in [6.45, 7) is 6.39. The Morgan fingerprint density at radius 1 is 1.46 bits per heavy atom. The summed E-state index contributed by atoms with van der Waals surface area (Å²) in [5.74, 6) is 1.42. The van der Waals surface area contributed by atoms with Crippen molar-refractivity contribution in [1.29, 1.82) is 0 Å². The summed E-state index contributed by atoms with van der Waals surface area (Å²) in [6, 6.07) is 0. The molecule has 0 N–H and O–H groups in total. The van der Waals surface area contributed by atoms with Gasteiger partial charge in [0.15, 0.2) is 0 Å². The molecule has 0 bridgehead atoms. The van der Waals surface area contributed by atoms with Gasteiger partial charge in [-0.25, -0.2) is 0 Å². The molecule has 0 aromatic rings. The zero-order valence-electron chi connectivity index (χ0n) is 8.55. The average Bonchev–Trinajstić information content (AvgIpc) is 2.15. The Kier molecular flexibility index (Phi) is 5.04. The van der Waals surface area contributed by atoms with E-state index in [1.807, 2.05) is 0 Å². The molecule has 1 saturated heterocycles. The summed E-state index contributed by atoms with van der Waals surface area (Å²) in [5, 5.41) is 1.02. The fraction of sp³-hybridized carbons (Fsp3) is 0.818. The molecule has 0 aromatic heterocycles. The normalized spacial score (nSPS) is 21.1. The van der Waals surface area contributed by atoms with Crippen LogP contribution in [-0.2, 0) is 4.74 Å². The number of allylic oxidation sites excluding steroid dienone is 2. The Hall–Kier alpha value is 0.180. The number of rotatable bonds is 3. The lowest BCUT2D eigenvalue weighted by Crippen LogP contribution is -2.15. The molecule has 0 aromatic carbocycles. The van der Waals surface area contributed by atoms with Gasteiger partial charge in [-0.2, -0.15) is 0 Å². The summed E-state index contributed by atoms with van der Waals surface area (Å²) < 4.78 is 5.33. The van der Waals surface area contributed by atoms with E-state index in [1.54, 1.807) is 0 Å². The van der Waals surface area contributed by atoms with Crippen molar-refractivity contribution in [2.24, 2.45) is 11.8 Å². The van der Waals surface area contributed by atoms with E-state index >= 15 is 0 Å². The molecule has 1 aliphatic heterocycles. The standard InChI is InChI=1S/C11H19BrO/c1-9(2)11(8-12)7-10-3-5-13-6-4-10/h7,9-10H,3-6,8H2,1-2H3/b11-7-. The van der Waals surface area contributed by atoms with Gasteiger partial charge in [0.05, 0.1) is 0 Å². The second kappa shape index (κ2) is 5.82. The Balaban J connectivity index is 2.49. The van der Waals surface area contributed by atoms with Gasteiger partial charge in [0.1, 0.15) is 0 Å². The Morgan fingerprint density at radius 2 is 2.08 bits per heavy atom. The highest BCUT2D eigenvalue weighted by atomic mass is 79.9. The van der Waals surface area contributed by atoms with Crippen molar-refractivity contribution >= 4 is 15.9 Å². The molecule has 1 nitrogen and oxygen atoms in total. The zero-order chi connectivity index (χ0) is 9.68. The molecule has 0 spiro atoms. The fourth-order valence-corrected chi connectivity index (χ4v) is 2.41. The average molecular weight is 247 g/mol. The van der Waals surface area contributed by atoms with Crippen LogP contribution in [0.15, 0.2) is 11.6 Å². The van der Waals surface area contributed by atoms with Crippen LogP contribution in [0, 0.1) is 11.8 Å². The summed E-state index contributed by atoms with van der Waals surface area (Å²) in [5.41, 5.74) is 1.53. The maximum absolute atomic E-state index is 5.33. The predicted molar refractivity (Wildman–Crippen MR) is 60.3 cm³/mol. The quantitative estimate of drug-likeness (QED) is 0.548. The van der Waals surface area contributed by atoms with E-state index in [9.17, 15) is 0 Å². The van der Waals surface area contributed by atoms with Gasteiger partial charge in [0.25, 0.3) is 0 Å². The van der Waals surface area contributed by atoms with Gasteiger partial charge < -0.3 is 4.74 Å². The van der Waals surface area contributed by atoms with Crippen LogP contribution >= 0.6 is 15.9 Å². The molecule has 1 aliphatic rings. The third kappa shape index (κ3) is 3.82. The van der Waals surface area contributed by atoms with Crippen LogP contribution in [-0.4, -0.2) is 18.5 Å². The maximum Gasteiger partial charge on any atom is 0.0471 e. The predicted octanol–water partition coefficient (Wildman–Crippen LogP) is 3.39. The molecule has 0 radical (unpaired) electrons. The molecule has 1 heterocycles.